The van der Waals surface area contributed by atoms with Crippen molar-refractivity contribution in [1.82, 2.24) is 0 Å². The maximum Gasteiger partial charge on any atom is 0.261 e. The minimum Gasteiger partial charge on any atom is -0.497 e. The van der Waals surface area contributed by atoms with Gasteiger partial charge in [-0.3, -0.25) is 4.72 Å². The van der Waals surface area contributed by atoms with Gasteiger partial charge in [0.05, 0.1) is 12.0 Å². The number of benzene rings is 3. The van der Waals surface area contributed by atoms with Crippen LogP contribution in [0.5, 0.6) is 5.75 Å². The Labute approximate surface area is 173 Å². The van der Waals surface area contributed by atoms with Gasteiger partial charge < -0.3 is 10.1 Å². The summed E-state index contributed by atoms with van der Waals surface area (Å²) >= 11 is 3.33. The molecule has 0 aliphatic heterocycles. The van der Waals surface area contributed by atoms with Crippen molar-refractivity contribution in [3.05, 3.63) is 89.4 Å². The predicted octanol–water partition coefficient (Wildman–Crippen LogP) is 5.34. The van der Waals surface area contributed by atoms with E-state index in [0.29, 0.717) is 22.7 Å². The van der Waals surface area contributed by atoms with Gasteiger partial charge in [0, 0.05) is 27.6 Å². The second-order valence-corrected chi connectivity index (χ2v) is 8.57. The Hall–Kier alpha value is -2.77. The normalized spacial score (nSPS) is 10.9. The molecular weight excluding hydrogens is 440 g/mol. The van der Waals surface area contributed by atoms with Gasteiger partial charge in [-0.2, -0.15) is 0 Å². The molecule has 0 atom stereocenters. The van der Waals surface area contributed by atoms with E-state index in [-0.39, 0.29) is 4.90 Å². The number of nitrogens with one attached hydrogen (secondary N) is 2. The molecule has 3 aromatic rings. The fourth-order valence-electron chi connectivity index (χ4n) is 2.53. The number of methoxy groups -OCH3 is 1. The fourth-order valence-corrected chi connectivity index (χ4v) is 3.90. The molecule has 0 amide bonds. The van der Waals surface area contributed by atoms with E-state index < -0.39 is 10.0 Å². The van der Waals surface area contributed by atoms with Crippen molar-refractivity contribution in [2.75, 3.05) is 17.1 Å². The van der Waals surface area contributed by atoms with Gasteiger partial charge in [0.25, 0.3) is 10.0 Å². The van der Waals surface area contributed by atoms with Gasteiger partial charge >= 0.3 is 0 Å². The Morgan fingerprint density at radius 1 is 0.964 bits per heavy atom. The first-order chi connectivity index (χ1) is 13.4. The predicted molar refractivity (Wildman–Crippen MR) is 117 cm³/mol. The van der Waals surface area contributed by atoms with E-state index >= 15 is 0 Å². The maximum absolute atomic E-state index is 12.7. The lowest BCUT2D eigenvalue weighted by molar-refractivity contribution is 0.415. The van der Waals surface area contributed by atoms with Crippen molar-refractivity contribution in [2.24, 2.45) is 0 Å². The van der Waals surface area contributed by atoms with Crippen LogP contribution < -0.4 is 14.8 Å². The molecule has 0 aliphatic carbocycles. The first-order valence-electron chi connectivity index (χ1n) is 8.36. The zero-order valence-electron chi connectivity index (χ0n) is 15.1. The molecule has 0 aliphatic rings. The van der Waals surface area contributed by atoms with Crippen LogP contribution in [0, 0.1) is 0 Å². The van der Waals surface area contributed by atoms with Crippen molar-refractivity contribution in [2.45, 2.75) is 4.90 Å². The SMILES string of the molecule is C=C(Nc1cccc(OC)c1)c1cccc(S(=O)(=O)Nc2ccc(Br)cc2)c1. The first kappa shape index (κ1) is 20.0. The van der Waals surface area contributed by atoms with Gasteiger partial charge in [-0.15, -0.1) is 0 Å². The molecular formula is C21H19BrN2O3S. The zero-order valence-corrected chi connectivity index (χ0v) is 17.5. The Morgan fingerprint density at radius 2 is 1.68 bits per heavy atom. The highest BCUT2D eigenvalue weighted by atomic mass is 79.9. The van der Waals surface area contributed by atoms with Crippen molar-refractivity contribution in [3.63, 3.8) is 0 Å². The number of rotatable bonds is 7. The highest BCUT2D eigenvalue weighted by molar-refractivity contribution is 9.10. The Bertz CT molecular complexity index is 1100. The topological polar surface area (TPSA) is 67.4 Å². The van der Waals surface area contributed by atoms with Crippen LogP contribution >= 0.6 is 15.9 Å². The van der Waals surface area contributed by atoms with Crippen LogP contribution in [-0.2, 0) is 10.0 Å². The largest absolute Gasteiger partial charge is 0.497 e. The lowest BCUT2D eigenvalue weighted by Gasteiger charge is -2.13. The van der Waals surface area contributed by atoms with Crippen LogP contribution in [0.25, 0.3) is 5.70 Å². The molecule has 28 heavy (non-hydrogen) atoms. The summed E-state index contributed by atoms with van der Waals surface area (Å²) in [5, 5.41) is 3.17. The third-order valence-corrected chi connectivity index (χ3v) is 5.86. The van der Waals surface area contributed by atoms with Crippen molar-refractivity contribution in [3.8, 4) is 5.75 Å². The molecule has 2 N–H and O–H groups in total. The van der Waals surface area contributed by atoms with E-state index in [1.54, 1.807) is 55.6 Å². The molecule has 0 aromatic heterocycles. The Balaban J connectivity index is 1.80. The molecule has 5 nitrogen and oxygen atoms in total. The van der Waals surface area contributed by atoms with Crippen molar-refractivity contribution >= 4 is 43.0 Å². The van der Waals surface area contributed by atoms with Gasteiger partial charge in [0.15, 0.2) is 0 Å². The molecule has 0 spiro atoms. The van der Waals surface area contributed by atoms with E-state index in [1.807, 2.05) is 24.3 Å². The van der Waals surface area contributed by atoms with Crippen molar-refractivity contribution < 1.29 is 13.2 Å². The van der Waals surface area contributed by atoms with Gasteiger partial charge in [0.1, 0.15) is 5.75 Å². The summed E-state index contributed by atoms with van der Waals surface area (Å²) in [6, 6.07) is 20.9. The number of ether oxygens (including phenoxy) is 1. The Kier molecular flexibility index (Phi) is 6.06. The average Bonchev–Trinajstić information content (AvgIpc) is 2.70. The lowest BCUT2D eigenvalue weighted by Crippen LogP contribution is -2.13. The minimum absolute atomic E-state index is 0.154. The van der Waals surface area contributed by atoms with Crippen LogP contribution in [0.15, 0.2) is 88.7 Å². The Morgan fingerprint density at radius 3 is 2.39 bits per heavy atom. The third kappa shape index (κ3) is 4.94. The van der Waals surface area contributed by atoms with Gasteiger partial charge in [-0.05, 0) is 54.1 Å². The number of sulfonamides is 1. The van der Waals surface area contributed by atoms with Crippen LogP contribution in [0.1, 0.15) is 5.56 Å². The molecule has 0 radical (unpaired) electrons. The molecule has 0 heterocycles. The zero-order chi connectivity index (χ0) is 20.1. The van der Waals surface area contributed by atoms with E-state index in [1.165, 1.54) is 0 Å². The molecule has 144 valence electrons. The lowest BCUT2D eigenvalue weighted by atomic mass is 10.1. The minimum atomic E-state index is -3.72. The fraction of sp³-hybridized carbons (Fsp3) is 0.0476. The summed E-state index contributed by atoms with van der Waals surface area (Å²) in [5.41, 5.74) is 2.53. The van der Waals surface area contributed by atoms with Gasteiger partial charge in [0.2, 0.25) is 0 Å². The molecule has 7 heteroatoms. The van der Waals surface area contributed by atoms with Crippen LogP contribution in [0.2, 0.25) is 0 Å². The standard InChI is InChI=1S/C21H19BrN2O3S/c1-15(23-19-6-4-7-20(14-19)27-2)16-5-3-8-21(13-16)28(25,26)24-18-11-9-17(22)10-12-18/h3-14,23-24H,1H2,2H3. The maximum atomic E-state index is 12.7. The van der Waals surface area contributed by atoms with E-state index in [2.05, 4.69) is 32.5 Å². The summed E-state index contributed by atoms with van der Waals surface area (Å²) in [7, 11) is -2.12. The quantitative estimate of drug-likeness (QED) is 0.501. The van der Waals surface area contributed by atoms with Gasteiger partial charge in [-0.1, -0.05) is 40.7 Å². The highest BCUT2D eigenvalue weighted by Crippen LogP contribution is 2.24. The van der Waals surface area contributed by atoms with E-state index in [4.69, 9.17) is 4.74 Å². The summed E-state index contributed by atoms with van der Waals surface area (Å²) in [6.45, 7) is 4.02. The molecule has 3 aromatic carbocycles. The summed E-state index contributed by atoms with van der Waals surface area (Å²) < 4.78 is 34.1. The van der Waals surface area contributed by atoms with E-state index in [9.17, 15) is 8.42 Å². The average molecular weight is 459 g/mol. The molecule has 0 unspecified atom stereocenters. The number of hydrogen-bond acceptors (Lipinski definition) is 4. The first-order valence-corrected chi connectivity index (χ1v) is 10.6. The number of anilines is 2. The van der Waals surface area contributed by atoms with Crippen molar-refractivity contribution in [1.29, 1.82) is 0 Å². The summed E-state index contributed by atoms with van der Waals surface area (Å²) in [5.74, 6) is 0.716. The summed E-state index contributed by atoms with van der Waals surface area (Å²) in [6.07, 6.45) is 0. The smallest absolute Gasteiger partial charge is 0.261 e. The molecule has 0 fully saturated rings. The monoisotopic (exact) mass is 458 g/mol. The summed E-state index contributed by atoms with van der Waals surface area (Å²) in [4.78, 5) is 0.154. The second-order valence-electron chi connectivity index (χ2n) is 5.98. The van der Waals surface area contributed by atoms with E-state index in [0.717, 1.165) is 10.2 Å². The number of halogens is 1. The number of hydrogen-bond donors (Lipinski definition) is 2. The molecule has 0 bridgehead atoms. The highest BCUT2D eigenvalue weighted by Gasteiger charge is 2.15. The second kappa shape index (κ2) is 8.50. The third-order valence-electron chi connectivity index (χ3n) is 3.95. The molecule has 0 saturated heterocycles. The molecule has 0 saturated carbocycles. The van der Waals surface area contributed by atoms with Crippen LogP contribution in [0.3, 0.4) is 0 Å². The van der Waals surface area contributed by atoms with Crippen LogP contribution in [-0.4, -0.2) is 15.5 Å². The molecule has 3 rings (SSSR count). The van der Waals surface area contributed by atoms with Gasteiger partial charge in [-0.25, -0.2) is 8.42 Å². The van der Waals surface area contributed by atoms with Crippen LogP contribution in [0.4, 0.5) is 11.4 Å².